The number of thioether (sulfide) groups is 2. The average Bonchev–Trinajstić information content (AvgIpc) is 3.24. The highest BCUT2D eigenvalue weighted by molar-refractivity contribution is 8.21. The van der Waals surface area contributed by atoms with Gasteiger partial charge in [0.05, 0.1) is 10.7 Å². The molecule has 29 heavy (non-hydrogen) atoms. The summed E-state index contributed by atoms with van der Waals surface area (Å²) in [5, 5.41) is 0. The van der Waals surface area contributed by atoms with Gasteiger partial charge in [0.25, 0.3) is 0 Å². The second-order valence-corrected chi connectivity index (χ2v) is 13.4. The van der Waals surface area contributed by atoms with Gasteiger partial charge in [-0.2, -0.15) is 0 Å². The highest BCUT2D eigenvalue weighted by Gasteiger charge is 2.59. The number of carbonyl (C=O) groups excluding carboxylic acids is 2. The van der Waals surface area contributed by atoms with Crippen LogP contribution in [0.2, 0.25) is 0 Å². The Kier molecular flexibility index (Phi) is 6.25. The van der Waals surface area contributed by atoms with E-state index in [9.17, 15) is 9.59 Å². The van der Waals surface area contributed by atoms with Gasteiger partial charge in [0.15, 0.2) is 0 Å². The molecule has 0 bridgehead atoms. The number of hydrogen-bond donors (Lipinski definition) is 0. The molecule has 0 spiro atoms. The number of rotatable bonds is 4. The lowest BCUT2D eigenvalue weighted by Gasteiger charge is -2.56. The molecule has 7 atom stereocenters. The molecule has 164 valence electrons. The topological polar surface area (TPSA) is 52.6 Å². The molecule has 4 fully saturated rings. The number of fused-ring (bicyclic) bond motifs is 3. The zero-order valence-corrected chi connectivity index (χ0v) is 19.9. The van der Waals surface area contributed by atoms with Crippen molar-refractivity contribution in [1.82, 2.24) is 0 Å². The van der Waals surface area contributed by atoms with E-state index in [0.29, 0.717) is 36.2 Å². The molecule has 0 radical (unpaired) electrons. The fourth-order valence-corrected chi connectivity index (χ4v) is 10.7. The van der Waals surface area contributed by atoms with Crippen LogP contribution in [0.15, 0.2) is 0 Å². The van der Waals surface area contributed by atoms with E-state index >= 15 is 0 Å². The van der Waals surface area contributed by atoms with Gasteiger partial charge in [0.2, 0.25) is 0 Å². The van der Waals surface area contributed by atoms with E-state index in [0.717, 1.165) is 12.8 Å². The van der Waals surface area contributed by atoms with Crippen LogP contribution in [0.1, 0.15) is 66.2 Å². The molecule has 1 saturated heterocycles. The van der Waals surface area contributed by atoms with Crippen LogP contribution in [0, 0.1) is 35.0 Å². The SMILES string of the molecule is CC(=O)OCC1C2CCC3(C)C(OC(C)=O)CCC3C2CCC1C1(C)SCCS1. The van der Waals surface area contributed by atoms with Gasteiger partial charge in [-0.25, -0.2) is 0 Å². The molecule has 0 amide bonds. The lowest BCUT2D eigenvalue weighted by molar-refractivity contribution is -0.158. The fourth-order valence-electron chi connectivity index (χ4n) is 7.34. The van der Waals surface area contributed by atoms with Crippen LogP contribution < -0.4 is 0 Å². The predicted molar refractivity (Wildman–Crippen MR) is 119 cm³/mol. The minimum Gasteiger partial charge on any atom is -0.466 e. The van der Waals surface area contributed by atoms with Gasteiger partial charge < -0.3 is 9.47 Å². The summed E-state index contributed by atoms with van der Waals surface area (Å²) in [5.41, 5.74) is 0.117. The molecule has 0 aromatic rings. The van der Waals surface area contributed by atoms with Crippen LogP contribution in [0.3, 0.4) is 0 Å². The summed E-state index contributed by atoms with van der Waals surface area (Å²) >= 11 is 4.24. The van der Waals surface area contributed by atoms with Crippen molar-refractivity contribution in [3.8, 4) is 0 Å². The van der Waals surface area contributed by atoms with Gasteiger partial charge in [-0.05, 0) is 69.1 Å². The number of carbonyl (C=O) groups is 2. The van der Waals surface area contributed by atoms with Crippen molar-refractivity contribution in [2.45, 2.75) is 76.4 Å². The van der Waals surface area contributed by atoms with Crippen molar-refractivity contribution in [1.29, 1.82) is 0 Å². The summed E-state index contributed by atoms with van der Waals surface area (Å²) < 4.78 is 11.7. The summed E-state index contributed by atoms with van der Waals surface area (Å²) in [7, 11) is 0. The Morgan fingerprint density at radius 2 is 1.59 bits per heavy atom. The second kappa shape index (κ2) is 8.29. The summed E-state index contributed by atoms with van der Waals surface area (Å²) in [5.74, 6) is 5.16. The van der Waals surface area contributed by atoms with Gasteiger partial charge in [0.1, 0.15) is 6.10 Å². The van der Waals surface area contributed by atoms with Gasteiger partial charge in [-0.15, -0.1) is 23.5 Å². The van der Waals surface area contributed by atoms with Gasteiger partial charge in [-0.3, -0.25) is 9.59 Å². The molecule has 4 rings (SSSR count). The van der Waals surface area contributed by atoms with E-state index in [-0.39, 0.29) is 27.5 Å². The Morgan fingerprint density at radius 3 is 2.24 bits per heavy atom. The van der Waals surface area contributed by atoms with E-state index in [2.05, 4.69) is 37.4 Å². The van der Waals surface area contributed by atoms with E-state index in [4.69, 9.17) is 9.47 Å². The van der Waals surface area contributed by atoms with Crippen LogP contribution in [-0.2, 0) is 19.1 Å². The first-order chi connectivity index (χ1) is 13.7. The zero-order valence-electron chi connectivity index (χ0n) is 18.3. The molecular weight excluding hydrogens is 404 g/mol. The van der Waals surface area contributed by atoms with Gasteiger partial charge in [-0.1, -0.05) is 6.92 Å². The van der Waals surface area contributed by atoms with Crippen molar-refractivity contribution < 1.29 is 19.1 Å². The first-order valence-electron chi connectivity index (χ1n) is 11.3. The zero-order chi connectivity index (χ0) is 20.8. The Hall–Kier alpha value is -0.360. The predicted octanol–water partition coefficient (Wildman–Crippen LogP) is 5.15. The third-order valence-corrected chi connectivity index (χ3v) is 12.1. The molecule has 3 saturated carbocycles. The van der Waals surface area contributed by atoms with Crippen molar-refractivity contribution >= 4 is 35.5 Å². The molecule has 1 aliphatic heterocycles. The third-order valence-electron chi connectivity index (χ3n) is 8.60. The summed E-state index contributed by atoms with van der Waals surface area (Å²) in [6, 6.07) is 0. The molecule has 7 unspecified atom stereocenters. The van der Waals surface area contributed by atoms with Crippen LogP contribution >= 0.6 is 23.5 Å². The van der Waals surface area contributed by atoms with Crippen molar-refractivity contribution in [3.05, 3.63) is 0 Å². The summed E-state index contributed by atoms with van der Waals surface area (Å²) in [6.07, 6.45) is 7.05. The maximum atomic E-state index is 11.7. The fraction of sp³-hybridized carbons (Fsp3) is 0.913. The van der Waals surface area contributed by atoms with Crippen LogP contribution in [0.5, 0.6) is 0 Å². The van der Waals surface area contributed by atoms with Crippen molar-refractivity contribution in [2.75, 3.05) is 18.1 Å². The Balaban J connectivity index is 1.57. The van der Waals surface area contributed by atoms with Crippen LogP contribution in [-0.4, -0.2) is 40.2 Å². The highest BCUT2D eigenvalue weighted by Crippen LogP contribution is 2.64. The number of ether oxygens (including phenoxy) is 2. The maximum absolute atomic E-state index is 11.7. The monoisotopic (exact) mass is 440 g/mol. The lowest BCUT2D eigenvalue weighted by atomic mass is 9.52. The highest BCUT2D eigenvalue weighted by atomic mass is 32.2. The lowest BCUT2D eigenvalue weighted by Crippen LogP contribution is -2.52. The summed E-state index contributed by atoms with van der Waals surface area (Å²) in [4.78, 5) is 23.3. The molecule has 1 heterocycles. The molecule has 4 nitrogen and oxygen atoms in total. The Bertz CT molecular complexity index is 647. The second-order valence-electron chi connectivity index (χ2n) is 10.0. The van der Waals surface area contributed by atoms with E-state index in [1.807, 2.05) is 0 Å². The first-order valence-corrected chi connectivity index (χ1v) is 13.3. The third kappa shape index (κ3) is 3.97. The largest absolute Gasteiger partial charge is 0.466 e. The molecular formula is C23H36O4S2. The smallest absolute Gasteiger partial charge is 0.302 e. The normalized spacial score (nSPS) is 43.3. The van der Waals surface area contributed by atoms with E-state index in [1.165, 1.54) is 44.1 Å². The number of esters is 2. The standard InChI is InChI=1S/C23H36O4S2/c1-14(24)26-13-18-16-9-10-22(3)19(7-8-21(22)27-15(2)25)17(16)5-6-20(18)23(4)28-11-12-29-23/h16-21H,5-13H2,1-4H3. The molecule has 4 aliphatic rings. The molecule has 6 heteroatoms. The van der Waals surface area contributed by atoms with E-state index in [1.54, 1.807) is 6.92 Å². The van der Waals surface area contributed by atoms with Gasteiger partial charge in [0, 0.05) is 36.7 Å². The van der Waals surface area contributed by atoms with Crippen LogP contribution in [0.4, 0.5) is 0 Å². The van der Waals surface area contributed by atoms with Crippen LogP contribution in [0.25, 0.3) is 0 Å². The van der Waals surface area contributed by atoms with Crippen molar-refractivity contribution in [2.24, 2.45) is 35.0 Å². The average molecular weight is 441 g/mol. The molecule has 0 N–H and O–H groups in total. The minimum absolute atomic E-state index is 0.0778. The van der Waals surface area contributed by atoms with Crippen molar-refractivity contribution in [3.63, 3.8) is 0 Å². The molecule has 0 aromatic carbocycles. The van der Waals surface area contributed by atoms with Gasteiger partial charge >= 0.3 is 11.9 Å². The van der Waals surface area contributed by atoms with E-state index < -0.39 is 0 Å². The molecule has 0 aromatic heterocycles. The maximum Gasteiger partial charge on any atom is 0.302 e. The minimum atomic E-state index is -0.154. The molecule has 3 aliphatic carbocycles. The quantitative estimate of drug-likeness (QED) is 0.564. The summed E-state index contributed by atoms with van der Waals surface area (Å²) in [6.45, 7) is 8.45. The number of hydrogen-bond acceptors (Lipinski definition) is 6. The Labute approximate surface area is 184 Å². The first kappa shape index (κ1) is 21.9. The Morgan fingerprint density at radius 1 is 0.897 bits per heavy atom.